The average Bonchev–Trinajstić information content (AvgIpc) is 2.72. The Labute approximate surface area is 167 Å². The van der Waals surface area contributed by atoms with Crippen LogP contribution in [0.1, 0.15) is 64.3 Å². The molecule has 146 valence electrons. The fourth-order valence-corrected chi connectivity index (χ4v) is 3.65. The number of esters is 1. The molecule has 2 aromatic carbocycles. The Hall–Kier alpha value is -2.73. The minimum atomic E-state index is -0.874. The van der Waals surface area contributed by atoms with Gasteiger partial charge in [0, 0.05) is 17.7 Å². The molecule has 1 fully saturated rings. The van der Waals surface area contributed by atoms with Crippen LogP contribution in [-0.2, 0) is 4.74 Å². The molecular weight excluding hydrogens is 382 g/mol. The van der Waals surface area contributed by atoms with Crippen LogP contribution in [0.25, 0.3) is 0 Å². The number of ether oxygens (including phenoxy) is 1. The first-order valence-electron chi connectivity index (χ1n) is 9.20. The van der Waals surface area contributed by atoms with Crippen LogP contribution in [0.3, 0.4) is 0 Å². The van der Waals surface area contributed by atoms with Crippen molar-refractivity contribution in [3.05, 3.63) is 74.3 Å². The molecule has 0 N–H and O–H groups in total. The summed E-state index contributed by atoms with van der Waals surface area (Å²) in [4.78, 5) is 34.7. The minimum Gasteiger partial charge on any atom is -0.454 e. The number of carbonyl (C=O) groups excluding carboxylic acids is 2. The molecule has 2 aromatic rings. The zero-order valence-corrected chi connectivity index (χ0v) is 16.0. The third kappa shape index (κ3) is 4.75. The van der Waals surface area contributed by atoms with E-state index in [1.807, 2.05) is 12.1 Å². The number of nitro benzene ring substituents is 1. The normalized spacial score (nSPS) is 14.5. The van der Waals surface area contributed by atoms with Gasteiger partial charge in [-0.3, -0.25) is 14.9 Å². The van der Waals surface area contributed by atoms with Crippen molar-refractivity contribution < 1.29 is 19.2 Å². The van der Waals surface area contributed by atoms with Crippen molar-refractivity contribution in [2.24, 2.45) is 0 Å². The summed E-state index contributed by atoms with van der Waals surface area (Å²) in [6, 6.07) is 10.9. The molecule has 0 aromatic heterocycles. The van der Waals surface area contributed by atoms with Crippen molar-refractivity contribution in [3.8, 4) is 0 Å². The van der Waals surface area contributed by atoms with Gasteiger partial charge in [-0.15, -0.1) is 0 Å². The second kappa shape index (κ2) is 8.97. The number of non-ortho nitro benzene ring substituents is 1. The van der Waals surface area contributed by atoms with Crippen LogP contribution >= 0.6 is 11.6 Å². The van der Waals surface area contributed by atoms with E-state index in [9.17, 15) is 19.7 Å². The van der Waals surface area contributed by atoms with Crippen LogP contribution in [0.5, 0.6) is 0 Å². The molecule has 0 heterocycles. The summed E-state index contributed by atoms with van der Waals surface area (Å²) < 4.78 is 5.01. The Kier molecular flexibility index (Phi) is 6.41. The lowest BCUT2D eigenvalue weighted by atomic mass is 9.84. The molecule has 0 aliphatic heterocycles. The molecule has 0 atom stereocenters. The van der Waals surface area contributed by atoms with Crippen molar-refractivity contribution >= 4 is 29.0 Å². The lowest BCUT2D eigenvalue weighted by Crippen LogP contribution is -2.15. The maximum atomic E-state index is 12.3. The Bertz CT molecular complexity index is 888. The van der Waals surface area contributed by atoms with E-state index in [0.29, 0.717) is 11.5 Å². The average molecular weight is 402 g/mol. The third-order valence-electron chi connectivity index (χ3n) is 5.02. The second-order valence-corrected chi connectivity index (χ2v) is 7.28. The number of hydrogen-bond acceptors (Lipinski definition) is 5. The predicted octanol–water partition coefficient (Wildman–Crippen LogP) is 5.34. The number of halogens is 1. The SMILES string of the molecule is O=C(COC(=O)c1cc([N+](=O)[O-])ccc1Cl)c1ccc(C2CCCCC2)cc1. The van der Waals surface area contributed by atoms with Gasteiger partial charge in [0.2, 0.25) is 0 Å². The highest BCUT2D eigenvalue weighted by atomic mass is 35.5. The lowest BCUT2D eigenvalue weighted by molar-refractivity contribution is -0.384. The summed E-state index contributed by atoms with van der Waals surface area (Å²) >= 11 is 5.91. The van der Waals surface area contributed by atoms with Crippen LogP contribution in [0, 0.1) is 10.1 Å². The number of ketones is 1. The Morgan fingerprint density at radius 2 is 1.75 bits per heavy atom. The standard InChI is InChI=1S/C21H20ClNO5/c22-19-11-10-17(23(26)27)12-18(19)21(25)28-13-20(24)16-8-6-15(7-9-16)14-4-2-1-3-5-14/h6-12,14H,1-5,13H2. The highest BCUT2D eigenvalue weighted by Gasteiger charge is 2.19. The van der Waals surface area contributed by atoms with E-state index < -0.39 is 17.5 Å². The number of carbonyl (C=O) groups is 2. The van der Waals surface area contributed by atoms with E-state index in [-0.39, 0.29) is 22.1 Å². The molecule has 0 amide bonds. The number of nitrogens with zero attached hydrogens (tertiary/aromatic N) is 1. The van der Waals surface area contributed by atoms with Gasteiger partial charge in [0.15, 0.2) is 12.4 Å². The fraction of sp³-hybridized carbons (Fsp3) is 0.333. The summed E-state index contributed by atoms with van der Waals surface area (Å²) in [6.07, 6.45) is 6.11. The summed E-state index contributed by atoms with van der Waals surface area (Å²) in [6.45, 7) is -0.458. The Morgan fingerprint density at radius 1 is 1.07 bits per heavy atom. The third-order valence-corrected chi connectivity index (χ3v) is 5.35. The summed E-state index contributed by atoms with van der Waals surface area (Å²) in [7, 11) is 0. The van der Waals surface area contributed by atoms with E-state index in [2.05, 4.69) is 0 Å². The summed E-state index contributed by atoms with van der Waals surface area (Å²) in [5.41, 5.74) is 1.27. The minimum absolute atomic E-state index is 0.0277. The fourth-order valence-electron chi connectivity index (χ4n) is 3.45. The molecule has 6 nitrogen and oxygen atoms in total. The number of rotatable bonds is 6. The largest absolute Gasteiger partial charge is 0.454 e. The van der Waals surface area contributed by atoms with Gasteiger partial charge in [-0.1, -0.05) is 55.1 Å². The van der Waals surface area contributed by atoms with Gasteiger partial charge in [0.05, 0.1) is 15.5 Å². The van der Waals surface area contributed by atoms with Gasteiger partial charge in [-0.25, -0.2) is 4.79 Å². The first-order valence-corrected chi connectivity index (χ1v) is 9.57. The first kappa shape index (κ1) is 20.0. The van der Waals surface area contributed by atoms with Gasteiger partial charge in [-0.2, -0.15) is 0 Å². The van der Waals surface area contributed by atoms with Crippen LogP contribution < -0.4 is 0 Å². The monoisotopic (exact) mass is 401 g/mol. The molecule has 1 aliphatic rings. The molecule has 1 aliphatic carbocycles. The second-order valence-electron chi connectivity index (χ2n) is 6.88. The zero-order valence-electron chi connectivity index (χ0n) is 15.2. The van der Waals surface area contributed by atoms with Crippen molar-refractivity contribution in [2.45, 2.75) is 38.0 Å². The van der Waals surface area contributed by atoms with Gasteiger partial charge in [0.25, 0.3) is 5.69 Å². The molecule has 28 heavy (non-hydrogen) atoms. The van der Waals surface area contributed by atoms with Crippen LogP contribution in [0.15, 0.2) is 42.5 Å². The number of Topliss-reactive ketones (excluding diaryl/α,β-unsaturated/α-hetero) is 1. The van der Waals surface area contributed by atoms with Gasteiger partial charge < -0.3 is 4.74 Å². The maximum absolute atomic E-state index is 12.3. The van der Waals surface area contributed by atoms with E-state index in [1.165, 1.54) is 49.8 Å². The summed E-state index contributed by atoms with van der Waals surface area (Å²) in [5, 5.41) is 10.9. The summed E-state index contributed by atoms with van der Waals surface area (Å²) in [5.74, 6) is -0.669. The highest BCUT2D eigenvalue weighted by Crippen LogP contribution is 2.32. The number of benzene rings is 2. The molecule has 1 saturated carbocycles. The van der Waals surface area contributed by atoms with E-state index in [4.69, 9.17) is 16.3 Å². The smallest absolute Gasteiger partial charge is 0.340 e. The number of nitro groups is 1. The van der Waals surface area contributed by atoms with Crippen LogP contribution in [-0.4, -0.2) is 23.3 Å². The van der Waals surface area contributed by atoms with Gasteiger partial charge in [-0.05, 0) is 30.4 Å². The molecular formula is C21H20ClNO5. The molecule has 7 heteroatoms. The van der Waals surface area contributed by atoms with Crippen molar-refractivity contribution in [3.63, 3.8) is 0 Å². The first-order chi connectivity index (χ1) is 13.5. The molecule has 0 unspecified atom stereocenters. The molecule has 0 spiro atoms. The van der Waals surface area contributed by atoms with Gasteiger partial charge >= 0.3 is 5.97 Å². The molecule has 0 saturated heterocycles. The van der Waals surface area contributed by atoms with Crippen molar-refractivity contribution in [2.75, 3.05) is 6.61 Å². The Morgan fingerprint density at radius 3 is 2.39 bits per heavy atom. The zero-order chi connectivity index (χ0) is 20.1. The van der Waals surface area contributed by atoms with Crippen LogP contribution in [0.4, 0.5) is 5.69 Å². The molecule has 3 rings (SSSR count). The Balaban J connectivity index is 1.61. The topological polar surface area (TPSA) is 86.5 Å². The maximum Gasteiger partial charge on any atom is 0.340 e. The predicted molar refractivity (Wildman–Crippen MR) is 105 cm³/mol. The van der Waals surface area contributed by atoms with Crippen LogP contribution in [0.2, 0.25) is 5.02 Å². The van der Waals surface area contributed by atoms with E-state index in [1.54, 1.807) is 12.1 Å². The van der Waals surface area contributed by atoms with Crippen molar-refractivity contribution in [1.29, 1.82) is 0 Å². The lowest BCUT2D eigenvalue weighted by Gasteiger charge is -2.22. The van der Waals surface area contributed by atoms with E-state index >= 15 is 0 Å². The van der Waals surface area contributed by atoms with Crippen molar-refractivity contribution in [1.82, 2.24) is 0 Å². The molecule has 0 radical (unpaired) electrons. The number of hydrogen-bond donors (Lipinski definition) is 0. The van der Waals surface area contributed by atoms with E-state index in [0.717, 1.165) is 6.07 Å². The molecule has 0 bridgehead atoms. The quantitative estimate of drug-likeness (QED) is 0.282. The van der Waals surface area contributed by atoms with Gasteiger partial charge in [0.1, 0.15) is 0 Å². The highest BCUT2D eigenvalue weighted by molar-refractivity contribution is 6.33.